The molecule has 0 aromatic carbocycles. The van der Waals surface area contributed by atoms with E-state index in [0.717, 1.165) is 31.2 Å². The molecule has 0 spiro atoms. The molecule has 0 aliphatic carbocycles. The Kier molecular flexibility index (Phi) is 16.7. The Bertz CT molecular complexity index is 1860. The maximum absolute atomic E-state index is 12.5. The van der Waals surface area contributed by atoms with Crippen LogP contribution in [0, 0.1) is 0 Å². The lowest BCUT2D eigenvalue weighted by atomic mass is 10.0. The zero-order valence-electron chi connectivity index (χ0n) is 29.5. The number of carbonyl (C=O) groups is 3. The molecule has 3 fully saturated rings. The maximum Gasteiger partial charge on any atom is 0.490 e. The molecule has 4 amide bonds. The first-order valence-corrected chi connectivity index (χ1v) is 22.8. The summed E-state index contributed by atoms with van der Waals surface area (Å²) in [5, 5.41) is 32.5. The molecule has 3 aliphatic heterocycles. The first-order chi connectivity index (χ1) is 26.2. The number of thioether (sulfide) groups is 1. The van der Waals surface area contributed by atoms with Gasteiger partial charge in [-0.2, -0.15) is 20.4 Å². The molecule has 9 atom stereocenters. The second kappa shape index (κ2) is 20.3. The van der Waals surface area contributed by atoms with Crippen molar-refractivity contribution in [2.24, 2.45) is 0 Å². The van der Waals surface area contributed by atoms with Gasteiger partial charge in [0, 0.05) is 48.3 Å². The van der Waals surface area contributed by atoms with Gasteiger partial charge in [0.05, 0.1) is 18.7 Å². The van der Waals surface area contributed by atoms with Gasteiger partial charge in [-0.15, -0.1) is 0 Å². The van der Waals surface area contributed by atoms with E-state index in [1.165, 1.54) is 12.3 Å². The van der Waals surface area contributed by atoms with Crippen LogP contribution >= 0.6 is 35.2 Å². The van der Waals surface area contributed by atoms with E-state index in [2.05, 4.69) is 34.4 Å². The Morgan fingerprint density at radius 1 is 0.946 bits per heavy atom. The van der Waals surface area contributed by atoms with Crippen LogP contribution in [0.1, 0.15) is 63.2 Å². The summed E-state index contributed by atoms with van der Waals surface area (Å²) in [6.45, 7) is -0.631. The summed E-state index contributed by atoms with van der Waals surface area (Å²) in [5.74, 6) is 0.562. The van der Waals surface area contributed by atoms with Crippen molar-refractivity contribution < 1.29 is 75.7 Å². The maximum atomic E-state index is 12.5. The molecule has 1 aromatic heterocycles. The number of aliphatic hydroxyl groups is 2. The molecule has 0 radical (unpaired) electrons. The van der Waals surface area contributed by atoms with Gasteiger partial charge >= 0.3 is 35.2 Å². The number of aliphatic hydroxyl groups excluding tert-OH is 2. The summed E-state index contributed by atoms with van der Waals surface area (Å²) < 4.78 is 52.0. The van der Waals surface area contributed by atoms with E-state index in [-0.39, 0.29) is 48.3 Å². The summed E-state index contributed by atoms with van der Waals surface area (Å²) in [5.41, 5.74) is -1.93. The van der Waals surface area contributed by atoms with Crippen molar-refractivity contribution in [1.29, 1.82) is 0 Å². The molecule has 1 aromatic rings. The zero-order valence-corrected chi connectivity index (χ0v) is 33.0. The standard InChI is InChI=1S/C28H45N6O18P3S/c35-20(9-2-1-5-11-29-21(36)10-4-3-8-19-22-17(15-56-19)31-27(40)32-22)30-12-6-7-16-13-34(28(41)33-25(16)39)26-24(38)23(37)18(50-26)14-49-54(45,46)52-55(47,48)51-53(42,43)44/h6,12-13,17-19,22-24,26,37-38H,1-5,7-11,14-15H2,(H,29,36)(H,30,35)(H,45,46)(H,47,48)(H2,31,32,40)(H,33,39,41)(H2,42,43,44)/t17-,18+,19-,22-,23+,24+,26+/m0/s1. The van der Waals surface area contributed by atoms with Crippen LogP contribution in [0.15, 0.2) is 28.1 Å². The largest absolute Gasteiger partial charge is 0.490 e. The van der Waals surface area contributed by atoms with E-state index in [9.17, 15) is 57.7 Å². The van der Waals surface area contributed by atoms with Gasteiger partial charge < -0.3 is 55.8 Å². The molecule has 3 aliphatic rings. The number of aromatic amines is 1. The van der Waals surface area contributed by atoms with Gasteiger partial charge in [0.2, 0.25) is 11.8 Å². The minimum absolute atomic E-state index is 0.0312. The fourth-order valence-electron chi connectivity index (χ4n) is 6.02. The number of carbonyl (C=O) groups excluding carboxylic acids is 3. The number of hydrogen-bond donors (Lipinski definition) is 11. The topological polar surface area (TPSA) is 364 Å². The van der Waals surface area contributed by atoms with E-state index < -0.39 is 65.9 Å². The van der Waals surface area contributed by atoms with E-state index in [4.69, 9.17) is 14.5 Å². The molecule has 0 bridgehead atoms. The third kappa shape index (κ3) is 14.3. The number of aromatic nitrogens is 2. The van der Waals surface area contributed by atoms with E-state index in [1.807, 2.05) is 16.7 Å². The number of urea groups is 1. The molecule has 316 valence electrons. The van der Waals surface area contributed by atoms with E-state index >= 15 is 0 Å². The van der Waals surface area contributed by atoms with Crippen LogP contribution < -0.4 is 32.5 Å². The molecule has 3 saturated heterocycles. The van der Waals surface area contributed by atoms with E-state index in [0.29, 0.717) is 42.0 Å². The van der Waals surface area contributed by atoms with Crippen molar-refractivity contribution >= 4 is 53.1 Å². The monoisotopic (exact) mass is 878 g/mol. The predicted molar refractivity (Wildman–Crippen MR) is 193 cm³/mol. The Hall–Kier alpha value is -2.73. The molecular formula is C28H45N6O18P3S. The fourth-order valence-corrected chi connectivity index (χ4v) is 10.6. The number of amides is 4. The average molecular weight is 879 g/mol. The summed E-state index contributed by atoms with van der Waals surface area (Å²) in [4.78, 5) is 99.0. The molecule has 24 nitrogen and oxygen atoms in total. The number of allylic oxidation sites excluding steroid dienone is 1. The number of hydrogen-bond acceptors (Lipinski definition) is 15. The van der Waals surface area contributed by atoms with Crippen LogP contribution in [0.25, 0.3) is 0 Å². The second-order valence-electron chi connectivity index (χ2n) is 13.0. The molecule has 11 N–H and O–H groups in total. The summed E-state index contributed by atoms with van der Waals surface area (Å²) >= 11 is 1.84. The number of rotatable bonds is 22. The molecule has 2 unspecified atom stereocenters. The number of phosphoric ester groups is 1. The second-order valence-corrected chi connectivity index (χ2v) is 18.6. The zero-order chi connectivity index (χ0) is 41.3. The van der Waals surface area contributed by atoms with Crippen molar-refractivity contribution in [1.82, 2.24) is 30.8 Å². The lowest BCUT2D eigenvalue weighted by molar-refractivity contribution is -0.121. The smallest absolute Gasteiger partial charge is 0.387 e. The number of ether oxygens (including phenoxy) is 1. The highest BCUT2D eigenvalue weighted by atomic mass is 32.2. The van der Waals surface area contributed by atoms with Crippen LogP contribution in [0.5, 0.6) is 0 Å². The molecule has 56 heavy (non-hydrogen) atoms. The third-order valence-corrected chi connectivity index (χ3v) is 14.0. The summed E-state index contributed by atoms with van der Waals surface area (Å²) in [6, 6.07) is 0.213. The summed E-state index contributed by atoms with van der Waals surface area (Å²) in [6.07, 6.45) is 1.61. The van der Waals surface area contributed by atoms with Crippen LogP contribution in [0.4, 0.5) is 4.79 Å². The average Bonchev–Trinajstić information content (AvgIpc) is 3.73. The Morgan fingerprint density at radius 2 is 1.66 bits per heavy atom. The quantitative estimate of drug-likeness (QED) is 0.0381. The Balaban J connectivity index is 1.12. The molecule has 0 saturated carbocycles. The minimum atomic E-state index is -5.82. The van der Waals surface area contributed by atoms with Crippen LogP contribution in [-0.4, -0.2) is 112 Å². The molecule has 4 heterocycles. The van der Waals surface area contributed by atoms with Gasteiger partial charge in [-0.05, 0) is 32.1 Å². The SMILES string of the molecule is O=C(CCCCCNC(=O)CCCC[C@@H]1SC[C@@H]2NC(=O)N[C@@H]21)NC=CCc1cn([C@@H]2O[C@H](COP(=O)(O)OP(=O)(O)OP(=O)(O)O)[C@@H](O)[C@H]2O)c(=O)[nH]c1=O. The first kappa shape index (κ1) is 46.0. The summed E-state index contributed by atoms with van der Waals surface area (Å²) in [7, 11) is -17.1. The highest BCUT2D eigenvalue weighted by Crippen LogP contribution is 2.66. The van der Waals surface area contributed by atoms with Crippen LogP contribution in [0.2, 0.25) is 0 Å². The lowest BCUT2D eigenvalue weighted by Crippen LogP contribution is -2.38. The fraction of sp³-hybridized carbons (Fsp3) is 0.679. The number of unbranched alkanes of at least 4 members (excludes halogenated alkanes) is 3. The highest BCUT2D eigenvalue weighted by molar-refractivity contribution is 8.00. The third-order valence-electron chi connectivity index (χ3n) is 8.65. The lowest BCUT2D eigenvalue weighted by Gasteiger charge is -2.19. The van der Waals surface area contributed by atoms with E-state index in [1.54, 1.807) is 0 Å². The predicted octanol–water partition coefficient (Wildman–Crippen LogP) is -0.926. The number of H-pyrrole nitrogens is 1. The van der Waals surface area contributed by atoms with Gasteiger partial charge in [-0.25, -0.2) is 23.3 Å². The molecular weight excluding hydrogens is 833 g/mol. The van der Waals surface area contributed by atoms with Gasteiger partial charge in [0.15, 0.2) is 6.23 Å². The van der Waals surface area contributed by atoms with Crippen LogP contribution in [-0.2, 0) is 47.6 Å². The number of nitrogens with one attached hydrogen (secondary N) is 5. The van der Waals surface area contributed by atoms with Gasteiger partial charge in [0.1, 0.15) is 18.3 Å². The van der Waals surface area contributed by atoms with Gasteiger partial charge in [0.25, 0.3) is 5.56 Å². The van der Waals surface area contributed by atoms with Gasteiger partial charge in [-0.1, -0.05) is 18.9 Å². The highest BCUT2D eigenvalue weighted by Gasteiger charge is 2.47. The minimum Gasteiger partial charge on any atom is -0.387 e. The Labute approximate surface area is 322 Å². The molecule has 4 rings (SSSR count). The van der Waals surface area contributed by atoms with Crippen molar-refractivity contribution in [3.8, 4) is 0 Å². The van der Waals surface area contributed by atoms with Crippen molar-refractivity contribution in [3.63, 3.8) is 0 Å². The number of fused-ring (bicyclic) bond motifs is 1. The van der Waals surface area contributed by atoms with Crippen molar-refractivity contribution in [2.45, 2.75) is 99.7 Å². The number of phosphoric acid groups is 3. The normalized spacial score (nSPS) is 27.0. The Morgan fingerprint density at radius 3 is 2.39 bits per heavy atom. The van der Waals surface area contributed by atoms with Gasteiger partial charge in [-0.3, -0.25) is 28.5 Å². The van der Waals surface area contributed by atoms with Crippen molar-refractivity contribution in [3.05, 3.63) is 44.9 Å². The van der Waals surface area contributed by atoms with Crippen molar-refractivity contribution in [2.75, 3.05) is 18.9 Å². The first-order valence-electron chi connectivity index (χ1n) is 17.3. The number of nitrogens with zero attached hydrogens (tertiary/aromatic N) is 1. The molecule has 28 heteroatoms. The van der Waals surface area contributed by atoms with Crippen LogP contribution in [0.3, 0.4) is 0 Å².